The lowest BCUT2D eigenvalue weighted by molar-refractivity contribution is -0.143. The highest BCUT2D eigenvalue weighted by Gasteiger charge is 2.25. The van der Waals surface area contributed by atoms with E-state index in [4.69, 9.17) is 25.5 Å². The summed E-state index contributed by atoms with van der Waals surface area (Å²) in [6.45, 7) is -0.724. The van der Waals surface area contributed by atoms with Crippen molar-refractivity contribution >= 4 is 5.97 Å². The Morgan fingerprint density at radius 1 is 1.17 bits per heavy atom. The SMILES string of the molecule is O=C(O)C[C@@H](O)[C@H](O)[C@H](O)CO. The number of hydrogen-bond donors (Lipinski definition) is 5. The zero-order valence-corrected chi connectivity index (χ0v) is 6.29. The molecular weight excluding hydrogens is 168 g/mol. The molecule has 0 aliphatic heterocycles. The number of aliphatic hydroxyl groups is 4. The van der Waals surface area contributed by atoms with Gasteiger partial charge in [-0.3, -0.25) is 4.79 Å². The van der Waals surface area contributed by atoms with Gasteiger partial charge < -0.3 is 25.5 Å². The van der Waals surface area contributed by atoms with Crippen molar-refractivity contribution in [1.29, 1.82) is 0 Å². The Labute approximate surface area is 68.7 Å². The van der Waals surface area contributed by atoms with Crippen molar-refractivity contribution in [2.75, 3.05) is 6.61 Å². The molecule has 0 aromatic rings. The van der Waals surface area contributed by atoms with Crippen LogP contribution in [0.5, 0.6) is 0 Å². The van der Waals surface area contributed by atoms with Crippen LogP contribution in [0.1, 0.15) is 6.42 Å². The first-order valence-electron chi connectivity index (χ1n) is 3.36. The molecule has 0 spiro atoms. The van der Waals surface area contributed by atoms with E-state index >= 15 is 0 Å². The van der Waals surface area contributed by atoms with Crippen LogP contribution in [0, 0.1) is 0 Å². The Kier molecular flexibility index (Phi) is 4.75. The van der Waals surface area contributed by atoms with Crippen molar-refractivity contribution in [1.82, 2.24) is 0 Å². The third-order valence-electron chi connectivity index (χ3n) is 1.36. The maximum atomic E-state index is 10.0. The van der Waals surface area contributed by atoms with E-state index in [2.05, 4.69) is 0 Å². The van der Waals surface area contributed by atoms with Crippen molar-refractivity contribution in [3.63, 3.8) is 0 Å². The minimum Gasteiger partial charge on any atom is -0.481 e. The zero-order valence-electron chi connectivity index (χ0n) is 6.29. The van der Waals surface area contributed by atoms with Crippen LogP contribution in [0.2, 0.25) is 0 Å². The smallest absolute Gasteiger partial charge is 0.306 e. The molecule has 0 bridgehead atoms. The highest BCUT2D eigenvalue weighted by molar-refractivity contribution is 5.67. The van der Waals surface area contributed by atoms with Gasteiger partial charge >= 0.3 is 5.97 Å². The first kappa shape index (κ1) is 11.3. The largest absolute Gasteiger partial charge is 0.481 e. The van der Waals surface area contributed by atoms with Gasteiger partial charge in [0.15, 0.2) is 0 Å². The van der Waals surface area contributed by atoms with Crippen LogP contribution in [-0.2, 0) is 4.79 Å². The van der Waals surface area contributed by atoms with Crippen LogP contribution < -0.4 is 0 Å². The summed E-state index contributed by atoms with van der Waals surface area (Å²) in [5.74, 6) is -1.29. The van der Waals surface area contributed by atoms with Gasteiger partial charge in [-0.25, -0.2) is 0 Å². The Morgan fingerprint density at radius 3 is 2.00 bits per heavy atom. The van der Waals surface area contributed by atoms with E-state index in [1.165, 1.54) is 0 Å². The lowest BCUT2D eigenvalue weighted by atomic mass is 10.1. The molecule has 0 aliphatic rings. The normalized spacial score (nSPS) is 18.3. The van der Waals surface area contributed by atoms with E-state index in [9.17, 15) is 4.79 Å². The number of aliphatic hydroxyl groups excluding tert-OH is 4. The number of carbonyl (C=O) groups is 1. The molecule has 0 amide bonds. The second-order valence-corrected chi connectivity index (χ2v) is 2.41. The predicted octanol–water partition coefficient (Wildman–Crippen LogP) is -2.46. The van der Waals surface area contributed by atoms with Crippen LogP contribution in [0.15, 0.2) is 0 Å². The molecule has 12 heavy (non-hydrogen) atoms. The molecule has 5 N–H and O–H groups in total. The molecule has 0 aromatic heterocycles. The first-order valence-corrected chi connectivity index (χ1v) is 3.36. The molecule has 72 valence electrons. The van der Waals surface area contributed by atoms with Crippen molar-refractivity contribution in [2.45, 2.75) is 24.7 Å². The number of aliphatic carboxylic acids is 1. The molecule has 0 heterocycles. The van der Waals surface area contributed by atoms with Gasteiger partial charge in [-0.1, -0.05) is 0 Å². The summed E-state index contributed by atoms with van der Waals surface area (Å²) in [6, 6.07) is 0. The van der Waals surface area contributed by atoms with E-state index in [0.717, 1.165) is 0 Å². The molecule has 6 heteroatoms. The third-order valence-corrected chi connectivity index (χ3v) is 1.36. The second kappa shape index (κ2) is 5.04. The van der Waals surface area contributed by atoms with Gasteiger partial charge in [0, 0.05) is 0 Å². The fourth-order valence-electron chi connectivity index (χ4n) is 0.664. The quantitative estimate of drug-likeness (QED) is 0.320. The number of carboxylic acid groups (broad SMARTS) is 1. The molecule has 0 aliphatic carbocycles. The maximum absolute atomic E-state index is 10.0. The first-order chi connectivity index (χ1) is 5.49. The fraction of sp³-hybridized carbons (Fsp3) is 0.833. The molecular formula is C6H12O6. The molecule has 0 fully saturated rings. The molecule has 0 radical (unpaired) electrons. The van der Waals surface area contributed by atoms with E-state index in [1.54, 1.807) is 0 Å². The Hall–Kier alpha value is -0.690. The van der Waals surface area contributed by atoms with Gasteiger partial charge in [0.05, 0.1) is 19.1 Å². The maximum Gasteiger partial charge on any atom is 0.306 e. The molecule has 6 nitrogen and oxygen atoms in total. The Balaban J connectivity index is 3.91. The summed E-state index contributed by atoms with van der Waals surface area (Å²) >= 11 is 0. The molecule has 0 saturated heterocycles. The topological polar surface area (TPSA) is 118 Å². The molecule has 0 aromatic carbocycles. The zero-order chi connectivity index (χ0) is 9.72. The number of rotatable bonds is 5. The summed E-state index contributed by atoms with van der Waals surface area (Å²) in [7, 11) is 0. The van der Waals surface area contributed by atoms with Crippen LogP contribution in [0.3, 0.4) is 0 Å². The van der Waals surface area contributed by atoms with Crippen molar-refractivity contribution in [3.8, 4) is 0 Å². The van der Waals surface area contributed by atoms with E-state index in [-0.39, 0.29) is 0 Å². The van der Waals surface area contributed by atoms with Gasteiger partial charge in [-0.05, 0) is 0 Å². The summed E-state index contributed by atoms with van der Waals surface area (Å²) in [6.07, 6.45) is -5.38. The fourth-order valence-corrected chi connectivity index (χ4v) is 0.664. The van der Waals surface area contributed by atoms with E-state index in [1.807, 2.05) is 0 Å². The van der Waals surface area contributed by atoms with Gasteiger partial charge in [-0.2, -0.15) is 0 Å². The average molecular weight is 180 g/mol. The summed E-state index contributed by atoms with van der Waals surface area (Å²) in [4.78, 5) is 10.0. The Bertz CT molecular complexity index is 147. The minimum absolute atomic E-state index is 0.668. The predicted molar refractivity (Wildman–Crippen MR) is 37.4 cm³/mol. The summed E-state index contributed by atoms with van der Waals surface area (Å²) in [5, 5.41) is 43.0. The average Bonchev–Trinajstić information content (AvgIpc) is 2.00. The van der Waals surface area contributed by atoms with Crippen molar-refractivity contribution in [2.24, 2.45) is 0 Å². The molecule has 0 saturated carbocycles. The number of carboxylic acids is 1. The molecule has 0 rings (SSSR count). The van der Waals surface area contributed by atoms with Crippen molar-refractivity contribution < 1.29 is 30.3 Å². The number of hydrogen-bond acceptors (Lipinski definition) is 5. The molecule has 0 unspecified atom stereocenters. The Morgan fingerprint density at radius 2 is 1.67 bits per heavy atom. The van der Waals surface area contributed by atoms with Gasteiger partial charge in [0.25, 0.3) is 0 Å². The standard InChI is InChI=1S/C6H12O6/c7-2-4(9)6(12)3(8)1-5(10)11/h3-4,6-9,12H,1-2H2,(H,10,11)/t3-,4-,6+/m1/s1. The lowest BCUT2D eigenvalue weighted by Gasteiger charge is -2.19. The second-order valence-electron chi connectivity index (χ2n) is 2.41. The van der Waals surface area contributed by atoms with Crippen LogP contribution in [0.25, 0.3) is 0 Å². The van der Waals surface area contributed by atoms with Gasteiger partial charge in [-0.15, -0.1) is 0 Å². The minimum atomic E-state index is -1.63. The summed E-state index contributed by atoms with van der Waals surface area (Å²) < 4.78 is 0. The van der Waals surface area contributed by atoms with E-state index in [0.29, 0.717) is 0 Å². The van der Waals surface area contributed by atoms with Crippen LogP contribution >= 0.6 is 0 Å². The van der Waals surface area contributed by atoms with Crippen LogP contribution in [0.4, 0.5) is 0 Å². The molecule has 3 atom stereocenters. The highest BCUT2D eigenvalue weighted by Crippen LogP contribution is 2.03. The van der Waals surface area contributed by atoms with Gasteiger partial charge in [0.1, 0.15) is 12.2 Å². The monoisotopic (exact) mass is 180 g/mol. The van der Waals surface area contributed by atoms with Gasteiger partial charge in [0.2, 0.25) is 0 Å². The van der Waals surface area contributed by atoms with E-state index < -0.39 is 37.3 Å². The van der Waals surface area contributed by atoms with Crippen molar-refractivity contribution in [3.05, 3.63) is 0 Å². The summed E-state index contributed by atoms with van der Waals surface area (Å²) in [5.41, 5.74) is 0. The third kappa shape index (κ3) is 3.63. The lowest BCUT2D eigenvalue weighted by Crippen LogP contribution is -2.40. The van der Waals surface area contributed by atoms with Crippen LogP contribution in [-0.4, -0.2) is 56.4 Å². The highest BCUT2D eigenvalue weighted by atomic mass is 16.4.